The zero-order valence-corrected chi connectivity index (χ0v) is 15.4. The molecule has 0 aromatic rings. The van der Waals surface area contributed by atoms with Crippen molar-refractivity contribution in [1.29, 1.82) is 10.5 Å². The maximum absolute atomic E-state index is 8.67. The molecule has 3 nitrogen and oxygen atoms in total. The SMILES string of the molecule is CCCCCCCCCCCCCCN(CCC#N)CCC#N. The molecule has 0 saturated carbocycles. The summed E-state index contributed by atoms with van der Waals surface area (Å²) in [6.45, 7) is 4.94. The molecule has 0 fully saturated rings. The number of nitrogens with zero attached hydrogens (tertiary/aromatic N) is 3. The maximum atomic E-state index is 8.67. The van der Waals surface area contributed by atoms with E-state index in [-0.39, 0.29) is 0 Å². The van der Waals surface area contributed by atoms with Gasteiger partial charge in [0.2, 0.25) is 0 Å². The molecule has 0 aliphatic heterocycles. The van der Waals surface area contributed by atoms with Crippen LogP contribution in [0.3, 0.4) is 0 Å². The molecule has 0 unspecified atom stereocenters. The molecule has 0 amide bonds. The van der Waals surface area contributed by atoms with E-state index in [2.05, 4.69) is 24.0 Å². The minimum absolute atomic E-state index is 0.573. The highest BCUT2D eigenvalue weighted by molar-refractivity contribution is 4.76. The molecule has 0 N–H and O–H groups in total. The first-order valence-electron chi connectivity index (χ1n) is 9.81. The van der Waals surface area contributed by atoms with Gasteiger partial charge in [0.1, 0.15) is 0 Å². The van der Waals surface area contributed by atoms with Gasteiger partial charge in [0.15, 0.2) is 0 Å². The minimum Gasteiger partial charge on any atom is -0.301 e. The van der Waals surface area contributed by atoms with Crippen molar-refractivity contribution in [3.63, 3.8) is 0 Å². The van der Waals surface area contributed by atoms with Crippen molar-refractivity contribution in [3.8, 4) is 12.1 Å². The highest BCUT2D eigenvalue weighted by Crippen LogP contribution is 2.12. The zero-order valence-electron chi connectivity index (χ0n) is 15.4. The van der Waals surface area contributed by atoms with Gasteiger partial charge in [-0.2, -0.15) is 10.5 Å². The van der Waals surface area contributed by atoms with Crippen molar-refractivity contribution < 1.29 is 0 Å². The Kier molecular flexibility index (Phi) is 18.1. The van der Waals surface area contributed by atoms with E-state index >= 15 is 0 Å². The van der Waals surface area contributed by atoms with Gasteiger partial charge in [0.25, 0.3) is 0 Å². The van der Waals surface area contributed by atoms with Gasteiger partial charge in [-0.3, -0.25) is 0 Å². The van der Waals surface area contributed by atoms with Crippen LogP contribution in [0.5, 0.6) is 0 Å². The van der Waals surface area contributed by atoms with Gasteiger partial charge in [-0.25, -0.2) is 0 Å². The van der Waals surface area contributed by atoms with Crippen LogP contribution in [0.15, 0.2) is 0 Å². The molecule has 0 rings (SSSR count). The molecule has 3 heteroatoms. The molecule has 0 saturated heterocycles. The Morgan fingerprint density at radius 3 is 1.35 bits per heavy atom. The van der Waals surface area contributed by atoms with Gasteiger partial charge in [-0.1, -0.05) is 77.6 Å². The number of nitriles is 2. The number of rotatable bonds is 17. The zero-order chi connectivity index (χ0) is 17.0. The van der Waals surface area contributed by atoms with Crippen molar-refractivity contribution in [3.05, 3.63) is 0 Å². The van der Waals surface area contributed by atoms with Crippen LogP contribution in [0.4, 0.5) is 0 Å². The summed E-state index contributed by atoms with van der Waals surface area (Å²) in [6.07, 6.45) is 17.6. The fourth-order valence-corrected chi connectivity index (χ4v) is 2.93. The molecule has 0 aromatic carbocycles. The lowest BCUT2D eigenvalue weighted by atomic mass is 10.1. The predicted molar refractivity (Wildman–Crippen MR) is 98.0 cm³/mol. The van der Waals surface area contributed by atoms with Crippen LogP contribution < -0.4 is 0 Å². The van der Waals surface area contributed by atoms with Crippen molar-refractivity contribution >= 4 is 0 Å². The summed E-state index contributed by atoms with van der Waals surface area (Å²) in [5.74, 6) is 0. The van der Waals surface area contributed by atoms with Crippen molar-refractivity contribution in [2.75, 3.05) is 19.6 Å². The lowest BCUT2D eigenvalue weighted by Crippen LogP contribution is -2.26. The Hall–Kier alpha value is -1.06. The molecule has 0 bridgehead atoms. The van der Waals surface area contributed by atoms with Crippen LogP contribution in [0.2, 0.25) is 0 Å². The molecule has 132 valence electrons. The summed E-state index contributed by atoms with van der Waals surface area (Å²) < 4.78 is 0. The van der Waals surface area contributed by atoms with Crippen molar-refractivity contribution in [2.24, 2.45) is 0 Å². The second-order valence-electron chi connectivity index (χ2n) is 6.55. The Morgan fingerprint density at radius 2 is 0.957 bits per heavy atom. The summed E-state index contributed by atoms with van der Waals surface area (Å²) in [5, 5.41) is 17.3. The standard InChI is InChI=1S/C20H37N3/c1-2-3-4-5-6-7-8-9-10-11-12-13-18-23(19-14-16-21)20-15-17-22/h2-15,18-20H2,1H3. The van der Waals surface area contributed by atoms with Gasteiger partial charge in [-0.15, -0.1) is 0 Å². The molecule has 0 aromatic heterocycles. The molecule has 0 heterocycles. The van der Waals surface area contributed by atoms with Crippen LogP contribution >= 0.6 is 0 Å². The number of unbranched alkanes of at least 4 members (excludes halogenated alkanes) is 11. The van der Waals surface area contributed by atoms with E-state index in [1.54, 1.807) is 0 Å². The van der Waals surface area contributed by atoms with Crippen molar-refractivity contribution in [1.82, 2.24) is 4.90 Å². The molecular formula is C20H37N3. The van der Waals surface area contributed by atoms with Crippen molar-refractivity contribution in [2.45, 2.75) is 96.8 Å². The topological polar surface area (TPSA) is 50.8 Å². The second kappa shape index (κ2) is 19.0. The van der Waals surface area contributed by atoms with Crippen LogP contribution in [-0.4, -0.2) is 24.5 Å². The highest BCUT2D eigenvalue weighted by atomic mass is 15.1. The van der Waals surface area contributed by atoms with Gasteiger partial charge < -0.3 is 4.90 Å². The number of hydrogen-bond donors (Lipinski definition) is 0. The molecule has 0 aliphatic rings. The summed E-state index contributed by atoms with van der Waals surface area (Å²) in [4.78, 5) is 2.27. The molecule has 0 atom stereocenters. The normalized spacial score (nSPS) is 10.6. The molecule has 23 heavy (non-hydrogen) atoms. The summed E-state index contributed by atoms with van der Waals surface area (Å²) in [7, 11) is 0. The van der Waals surface area contributed by atoms with Crippen LogP contribution in [0, 0.1) is 22.7 Å². The average molecular weight is 320 g/mol. The summed E-state index contributed by atoms with van der Waals surface area (Å²) in [5.41, 5.74) is 0. The van der Waals surface area contributed by atoms with Crippen LogP contribution in [0.25, 0.3) is 0 Å². The van der Waals surface area contributed by atoms with Crippen LogP contribution in [0.1, 0.15) is 96.8 Å². The Balaban J connectivity index is 3.35. The molecular weight excluding hydrogens is 282 g/mol. The first kappa shape index (κ1) is 21.9. The molecule has 0 radical (unpaired) electrons. The van der Waals surface area contributed by atoms with Gasteiger partial charge in [-0.05, 0) is 13.0 Å². The Morgan fingerprint density at radius 1 is 0.565 bits per heavy atom. The monoisotopic (exact) mass is 319 g/mol. The minimum atomic E-state index is 0.573. The van der Waals surface area contributed by atoms with E-state index in [0.717, 1.165) is 19.6 Å². The Bertz CT molecular complexity index is 296. The van der Waals surface area contributed by atoms with E-state index in [0.29, 0.717) is 12.8 Å². The van der Waals surface area contributed by atoms with E-state index in [4.69, 9.17) is 10.5 Å². The fraction of sp³-hybridized carbons (Fsp3) is 0.900. The first-order chi connectivity index (χ1) is 11.3. The smallest absolute Gasteiger partial charge is 0.0635 e. The number of hydrogen-bond acceptors (Lipinski definition) is 3. The van der Waals surface area contributed by atoms with E-state index in [1.165, 1.54) is 77.0 Å². The molecule has 0 spiro atoms. The highest BCUT2D eigenvalue weighted by Gasteiger charge is 2.03. The summed E-state index contributed by atoms with van der Waals surface area (Å²) in [6, 6.07) is 4.39. The largest absolute Gasteiger partial charge is 0.301 e. The fourth-order valence-electron chi connectivity index (χ4n) is 2.93. The third-order valence-corrected chi connectivity index (χ3v) is 4.41. The van der Waals surface area contributed by atoms with E-state index in [1.807, 2.05) is 0 Å². The quantitative estimate of drug-likeness (QED) is 0.317. The second-order valence-corrected chi connectivity index (χ2v) is 6.55. The average Bonchev–Trinajstić information content (AvgIpc) is 2.57. The predicted octanol–water partition coefficient (Wildman–Crippen LogP) is 5.82. The van der Waals surface area contributed by atoms with Gasteiger partial charge in [0.05, 0.1) is 12.1 Å². The third-order valence-electron chi connectivity index (χ3n) is 4.41. The Labute approximate surface area is 144 Å². The maximum Gasteiger partial charge on any atom is 0.0635 e. The van der Waals surface area contributed by atoms with Gasteiger partial charge >= 0.3 is 0 Å². The van der Waals surface area contributed by atoms with E-state index < -0.39 is 0 Å². The van der Waals surface area contributed by atoms with Gasteiger partial charge in [0, 0.05) is 25.9 Å². The lowest BCUT2D eigenvalue weighted by molar-refractivity contribution is 0.278. The third kappa shape index (κ3) is 17.1. The van der Waals surface area contributed by atoms with Crippen LogP contribution in [-0.2, 0) is 0 Å². The van der Waals surface area contributed by atoms with E-state index in [9.17, 15) is 0 Å². The summed E-state index contributed by atoms with van der Waals surface area (Å²) >= 11 is 0. The lowest BCUT2D eigenvalue weighted by Gasteiger charge is -2.19. The first-order valence-corrected chi connectivity index (χ1v) is 9.81. The molecule has 0 aliphatic carbocycles.